The van der Waals surface area contributed by atoms with Crippen molar-refractivity contribution in [3.63, 3.8) is 0 Å². The van der Waals surface area contributed by atoms with Crippen LogP contribution < -0.4 is 0 Å². The Morgan fingerprint density at radius 2 is 1.50 bits per heavy atom. The lowest BCUT2D eigenvalue weighted by atomic mass is 10.7. The first kappa shape index (κ1) is 12.3. The van der Waals surface area contributed by atoms with Crippen LogP contribution in [0.25, 0.3) is 0 Å². The monoisotopic (exact) mass is 357 g/mol. The zero-order chi connectivity index (χ0) is 6.99. The molecular formula is C4H13I2NSi. The second-order valence-electron chi connectivity index (χ2n) is 1.10. The zero-order valence-corrected chi connectivity index (χ0v) is 11.9. The maximum Gasteiger partial charge on any atom is 0.0778 e. The fourth-order valence-corrected chi connectivity index (χ4v) is 0.224. The molecule has 8 heavy (non-hydrogen) atoms. The van der Waals surface area contributed by atoms with Gasteiger partial charge in [0.1, 0.15) is 0 Å². The molecule has 0 saturated heterocycles. The summed E-state index contributed by atoms with van der Waals surface area (Å²) in [6, 6.07) is 0. The minimum Gasteiger partial charge on any atom is -0.248 e. The molecule has 0 aromatic carbocycles. The van der Waals surface area contributed by atoms with Gasteiger partial charge in [0, 0.05) is 36.0 Å². The Balaban J connectivity index is 0. The zero-order valence-electron chi connectivity index (χ0n) is 5.62. The number of halogens is 2. The molecule has 0 amide bonds. The molecule has 0 bridgehead atoms. The summed E-state index contributed by atoms with van der Waals surface area (Å²) in [6.45, 7) is 6.60. The van der Waals surface area contributed by atoms with Crippen LogP contribution in [0, 0.1) is 0 Å². The van der Waals surface area contributed by atoms with E-state index in [0.717, 1.165) is 13.1 Å². The summed E-state index contributed by atoms with van der Waals surface area (Å²) in [5, 5.41) is 0. The van der Waals surface area contributed by atoms with Crippen LogP contribution in [0.3, 0.4) is 0 Å². The fraction of sp³-hybridized carbons (Fsp3) is 1.00. The van der Waals surface area contributed by atoms with Crippen LogP contribution in [0.5, 0.6) is 0 Å². The summed E-state index contributed by atoms with van der Waals surface area (Å²) in [7, 11) is 1.28. The van der Waals surface area contributed by atoms with E-state index < -0.39 is 0 Å². The predicted molar refractivity (Wildman–Crippen MR) is 60.9 cm³/mol. The molecule has 0 atom stereocenters. The first-order valence-corrected chi connectivity index (χ1v) is 10.8. The van der Waals surface area contributed by atoms with Crippen molar-refractivity contribution < 1.29 is 0 Å². The molecule has 0 aromatic rings. The van der Waals surface area contributed by atoms with Gasteiger partial charge in [0.25, 0.3) is 0 Å². The minimum atomic E-state index is 1.15. The van der Waals surface area contributed by atoms with E-state index in [1.807, 2.05) is 0 Å². The van der Waals surface area contributed by atoms with Gasteiger partial charge in [-0.05, 0) is 0 Å². The van der Waals surface area contributed by atoms with Gasteiger partial charge in [0.05, 0.1) is 7.74 Å². The molecule has 0 saturated carbocycles. The lowest BCUT2D eigenvalue weighted by Crippen LogP contribution is -2.07. The van der Waals surface area contributed by atoms with E-state index in [0.29, 0.717) is 0 Å². The van der Waals surface area contributed by atoms with Crippen molar-refractivity contribution in [1.82, 2.24) is 3.11 Å². The molecule has 0 aromatic heterocycles. The molecule has 0 spiro atoms. The molecule has 0 unspecified atom stereocenters. The average Bonchev–Trinajstić information content (AvgIpc) is 1.91. The number of rotatable bonds is 2. The van der Waals surface area contributed by atoms with Crippen molar-refractivity contribution >= 4 is 52.4 Å². The number of nitrogens with zero attached hydrogens (tertiary/aromatic N) is 1. The maximum absolute atomic E-state index is 2.30. The molecule has 0 heterocycles. The van der Waals surface area contributed by atoms with Gasteiger partial charge in [-0.3, -0.25) is 0 Å². The van der Waals surface area contributed by atoms with Gasteiger partial charge in [-0.25, -0.2) is 3.11 Å². The van der Waals surface area contributed by atoms with Gasteiger partial charge in [0.15, 0.2) is 0 Å². The van der Waals surface area contributed by atoms with Crippen molar-refractivity contribution in [1.29, 1.82) is 0 Å². The number of hydrogen-bond donors (Lipinski definition) is 0. The Morgan fingerprint density at radius 1 is 1.25 bits per heavy atom. The quantitative estimate of drug-likeness (QED) is 0.313. The summed E-state index contributed by atoms with van der Waals surface area (Å²) in [4.78, 5) is 0. The highest BCUT2D eigenvalue weighted by atomic mass is 127. The van der Waals surface area contributed by atoms with E-state index in [2.05, 4.69) is 61.6 Å². The highest BCUT2D eigenvalue weighted by Gasteiger charge is 1.84. The minimum absolute atomic E-state index is 1.15. The molecular weight excluding hydrogens is 344 g/mol. The summed E-state index contributed by atoms with van der Waals surface area (Å²) in [6.07, 6.45) is 0. The molecule has 0 aliphatic carbocycles. The maximum atomic E-state index is 2.30. The second-order valence-corrected chi connectivity index (χ2v) is 2.46. The topological polar surface area (TPSA) is 3.24 Å². The third-order valence-corrected chi connectivity index (χ3v) is 2.05. The van der Waals surface area contributed by atoms with Gasteiger partial charge in [-0.15, -0.1) is 21.8 Å². The molecule has 4 heteroatoms. The Kier molecular flexibility index (Phi) is 17.6. The SMILES string of the molecule is CCN(I)CC.[SiH3]I. The Hall–Kier alpha value is 1.64. The van der Waals surface area contributed by atoms with E-state index in [1.165, 1.54) is 7.74 Å². The highest BCUT2D eigenvalue weighted by Crippen LogP contribution is 1.93. The first-order valence-electron chi connectivity index (χ1n) is 2.59. The molecule has 0 rings (SSSR count). The van der Waals surface area contributed by atoms with Crippen LogP contribution in [0.2, 0.25) is 0 Å². The molecule has 0 aliphatic rings. The van der Waals surface area contributed by atoms with E-state index in [1.54, 1.807) is 0 Å². The summed E-state index contributed by atoms with van der Waals surface area (Å²) < 4.78 is 2.22. The highest BCUT2D eigenvalue weighted by molar-refractivity contribution is 14.1. The van der Waals surface area contributed by atoms with Crippen LogP contribution in [-0.4, -0.2) is 23.9 Å². The van der Waals surface area contributed by atoms with Crippen molar-refractivity contribution in [2.45, 2.75) is 13.8 Å². The van der Waals surface area contributed by atoms with Crippen molar-refractivity contribution in [3.8, 4) is 0 Å². The van der Waals surface area contributed by atoms with Crippen LogP contribution in [0.15, 0.2) is 0 Å². The van der Waals surface area contributed by atoms with Gasteiger partial charge < -0.3 is 0 Å². The Morgan fingerprint density at radius 3 is 1.50 bits per heavy atom. The second kappa shape index (κ2) is 11.4. The van der Waals surface area contributed by atoms with E-state index in [-0.39, 0.29) is 0 Å². The normalized spacial score (nSPS) is 8.62. The summed E-state index contributed by atoms with van der Waals surface area (Å²) >= 11 is 4.59. The smallest absolute Gasteiger partial charge is 0.0778 e. The van der Waals surface area contributed by atoms with Crippen molar-refractivity contribution in [2.75, 3.05) is 13.1 Å². The fourth-order valence-electron chi connectivity index (χ4n) is 0.224. The number of hydrogen-bond acceptors (Lipinski definition) is 1. The summed E-state index contributed by atoms with van der Waals surface area (Å²) in [5.74, 6) is 0. The molecule has 1 nitrogen and oxygen atoms in total. The lowest BCUT2D eigenvalue weighted by Gasteiger charge is -2.03. The standard InChI is InChI=1S/C4H10IN.H3ISi/c1-3-6(5)4-2;1-2/h3-4H2,1-2H3;2H3. The van der Waals surface area contributed by atoms with E-state index >= 15 is 0 Å². The van der Waals surface area contributed by atoms with Crippen LogP contribution in [0.4, 0.5) is 0 Å². The van der Waals surface area contributed by atoms with Gasteiger partial charge in [0.2, 0.25) is 0 Å². The van der Waals surface area contributed by atoms with E-state index in [9.17, 15) is 0 Å². The predicted octanol–water partition coefficient (Wildman–Crippen LogP) is 1.38. The largest absolute Gasteiger partial charge is 0.248 e. The third kappa shape index (κ3) is 10.6. The molecule has 0 radical (unpaired) electrons. The Bertz CT molecular complexity index is 33.2. The average molecular weight is 357 g/mol. The van der Waals surface area contributed by atoms with Crippen LogP contribution in [0.1, 0.15) is 13.8 Å². The Labute approximate surface area is 81.7 Å². The van der Waals surface area contributed by atoms with Gasteiger partial charge in [-0.1, -0.05) is 13.8 Å². The van der Waals surface area contributed by atoms with Crippen LogP contribution >= 0.6 is 44.7 Å². The van der Waals surface area contributed by atoms with Gasteiger partial charge in [-0.2, -0.15) is 0 Å². The summed E-state index contributed by atoms with van der Waals surface area (Å²) in [5.41, 5.74) is 0. The van der Waals surface area contributed by atoms with Crippen molar-refractivity contribution in [2.24, 2.45) is 0 Å². The van der Waals surface area contributed by atoms with Gasteiger partial charge >= 0.3 is 0 Å². The molecule has 0 N–H and O–H groups in total. The molecule has 52 valence electrons. The first-order chi connectivity index (χ1) is 3.81. The van der Waals surface area contributed by atoms with Crippen LogP contribution in [-0.2, 0) is 0 Å². The third-order valence-electron chi connectivity index (χ3n) is 0.686. The lowest BCUT2D eigenvalue weighted by molar-refractivity contribution is 0.568. The van der Waals surface area contributed by atoms with E-state index in [4.69, 9.17) is 0 Å². The molecule has 0 fully saturated rings. The van der Waals surface area contributed by atoms with Crippen molar-refractivity contribution in [3.05, 3.63) is 0 Å². The molecule has 0 aliphatic heterocycles.